The van der Waals surface area contributed by atoms with E-state index in [2.05, 4.69) is 5.32 Å². The lowest BCUT2D eigenvalue weighted by molar-refractivity contribution is -0.385. The summed E-state index contributed by atoms with van der Waals surface area (Å²) in [6, 6.07) is 8.24. The number of carbonyl (C=O) groups excluding carboxylic acids is 3. The van der Waals surface area contributed by atoms with Crippen molar-refractivity contribution in [2.75, 3.05) is 12.1 Å². The number of esters is 1. The number of carbonyl (C=O) groups is 3. The number of hydrogen-bond acceptors (Lipinski definition) is 8. The summed E-state index contributed by atoms with van der Waals surface area (Å²) < 4.78 is 15.3. The van der Waals surface area contributed by atoms with E-state index < -0.39 is 28.5 Å². The van der Waals surface area contributed by atoms with Crippen LogP contribution in [0.25, 0.3) is 0 Å². The zero-order chi connectivity index (χ0) is 21.1. The standard InChI is InChI=1S/C19H16N2O8/c1-10(18(23)12-3-5-13(6-4-12)20-11(2)22)29-19(24)14-7-16-17(28-9-27-16)8-15(14)21(25)26/h3-8,10H,9H2,1-2H3,(H,20,22). The highest BCUT2D eigenvalue weighted by molar-refractivity contribution is 6.02. The summed E-state index contributed by atoms with van der Waals surface area (Å²) in [6.45, 7) is 2.60. The smallest absolute Gasteiger partial charge is 0.346 e. The molecule has 1 unspecified atom stereocenters. The van der Waals surface area contributed by atoms with Crippen LogP contribution in [0.2, 0.25) is 0 Å². The average Bonchev–Trinajstić information content (AvgIpc) is 3.14. The lowest BCUT2D eigenvalue weighted by Crippen LogP contribution is -2.25. The minimum atomic E-state index is -1.20. The van der Waals surface area contributed by atoms with Crippen LogP contribution in [0.4, 0.5) is 11.4 Å². The van der Waals surface area contributed by atoms with Crippen molar-refractivity contribution in [3.63, 3.8) is 0 Å². The van der Waals surface area contributed by atoms with Gasteiger partial charge in [0.25, 0.3) is 5.69 Å². The molecule has 1 atom stereocenters. The minimum Gasteiger partial charge on any atom is -0.454 e. The van der Waals surface area contributed by atoms with Gasteiger partial charge >= 0.3 is 5.97 Å². The predicted molar refractivity (Wildman–Crippen MR) is 99.2 cm³/mol. The molecule has 1 heterocycles. The Morgan fingerprint density at radius 1 is 1.14 bits per heavy atom. The Labute approximate surface area is 164 Å². The van der Waals surface area contributed by atoms with Gasteiger partial charge in [0.15, 0.2) is 17.6 Å². The lowest BCUT2D eigenvalue weighted by Gasteiger charge is -2.13. The van der Waals surface area contributed by atoms with E-state index in [1.807, 2.05) is 0 Å². The fraction of sp³-hybridized carbons (Fsp3) is 0.211. The normalized spacial score (nSPS) is 12.8. The molecule has 0 aliphatic carbocycles. The van der Waals surface area contributed by atoms with Crippen molar-refractivity contribution in [2.45, 2.75) is 20.0 Å². The van der Waals surface area contributed by atoms with Gasteiger partial charge in [-0.2, -0.15) is 0 Å². The fourth-order valence-electron chi connectivity index (χ4n) is 2.68. The van der Waals surface area contributed by atoms with Gasteiger partial charge in [-0.05, 0) is 31.2 Å². The molecule has 0 bridgehead atoms. The number of amides is 1. The van der Waals surface area contributed by atoms with E-state index in [1.54, 1.807) is 0 Å². The highest BCUT2D eigenvalue weighted by Gasteiger charge is 2.30. The van der Waals surface area contributed by atoms with Crippen LogP contribution in [0.1, 0.15) is 34.6 Å². The molecule has 0 fully saturated rings. The van der Waals surface area contributed by atoms with Gasteiger partial charge in [0, 0.05) is 24.2 Å². The molecule has 0 spiro atoms. The van der Waals surface area contributed by atoms with Gasteiger partial charge in [-0.25, -0.2) is 4.79 Å². The number of Topliss-reactive ketones (excluding diaryl/α,β-unsaturated/α-hetero) is 1. The Balaban J connectivity index is 1.76. The van der Waals surface area contributed by atoms with Crippen LogP contribution >= 0.6 is 0 Å². The van der Waals surface area contributed by atoms with E-state index >= 15 is 0 Å². The number of benzene rings is 2. The van der Waals surface area contributed by atoms with E-state index in [-0.39, 0.29) is 35.3 Å². The Bertz CT molecular complexity index is 1000. The summed E-state index contributed by atoms with van der Waals surface area (Å²) in [5.41, 5.74) is -0.104. The first-order valence-electron chi connectivity index (χ1n) is 8.47. The van der Waals surface area contributed by atoms with Gasteiger partial charge in [-0.3, -0.25) is 19.7 Å². The molecule has 1 aliphatic rings. The Hall–Kier alpha value is -3.95. The summed E-state index contributed by atoms with van der Waals surface area (Å²) >= 11 is 0. The van der Waals surface area contributed by atoms with E-state index in [0.29, 0.717) is 5.69 Å². The van der Waals surface area contributed by atoms with Crippen molar-refractivity contribution in [1.82, 2.24) is 0 Å². The number of nitro groups is 1. The molecule has 0 aromatic heterocycles. The third kappa shape index (κ3) is 4.32. The molecule has 10 heteroatoms. The number of anilines is 1. The van der Waals surface area contributed by atoms with Crippen LogP contribution in [-0.2, 0) is 9.53 Å². The van der Waals surface area contributed by atoms with E-state index in [1.165, 1.54) is 38.1 Å². The predicted octanol–water partition coefficient (Wildman–Crippen LogP) is 2.71. The number of nitrogens with zero attached hydrogens (tertiary/aromatic N) is 1. The van der Waals surface area contributed by atoms with Gasteiger partial charge in [0.05, 0.1) is 11.0 Å². The number of nitro benzene ring substituents is 1. The summed E-state index contributed by atoms with van der Waals surface area (Å²) in [7, 11) is 0. The molecular weight excluding hydrogens is 384 g/mol. The summed E-state index contributed by atoms with van der Waals surface area (Å²) in [6.07, 6.45) is -1.20. The Kier molecular flexibility index (Phi) is 5.44. The van der Waals surface area contributed by atoms with Gasteiger partial charge < -0.3 is 19.5 Å². The third-order valence-corrected chi connectivity index (χ3v) is 4.05. The average molecular weight is 400 g/mol. The van der Waals surface area contributed by atoms with Crippen molar-refractivity contribution in [2.24, 2.45) is 0 Å². The molecule has 2 aromatic rings. The number of hydrogen-bond donors (Lipinski definition) is 1. The van der Waals surface area contributed by atoms with Gasteiger partial charge in [-0.1, -0.05) is 0 Å². The van der Waals surface area contributed by atoms with E-state index in [9.17, 15) is 24.5 Å². The molecule has 1 aliphatic heterocycles. The maximum absolute atomic E-state index is 12.5. The van der Waals surface area contributed by atoms with Crippen LogP contribution in [0, 0.1) is 10.1 Å². The third-order valence-electron chi connectivity index (χ3n) is 4.05. The van der Waals surface area contributed by atoms with Crippen molar-refractivity contribution in [1.29, 1.82) is 0 Å². The van der Waals surface area contributed by atoms with Crippen molar-refractivity contribution in [3.8, 4) is 11.5 Å². The van der Waals surface area contributed by atoms with Crippen LogP contribution in [0.15, 0.2) is 36.4 Å². The van der Waals surface area contributed by atoms with Crippen LogP contribution < -0.4 is 14.8 Å². The second-order valence-electron chi connectivity index (χ2n) is 6.15. The molecule has 1 amide bonds. The zero-order valence-corrected chi connectivity index (χ0v) is 15.5. The largest absolute Gasteiger partial charge is 0.454 e. The fourth-order valence-corrected chi connectivity index (χ4v) is 2.68. The zero-order valence-electron chi connectivity index (χ0n) is 15.5. The van der Waals surface area contributed by atoms with Gasteiger partial charge in [-0.15, -0.1) is 0 Å². The first kappa shape index (κ1) is 19.8. The van der Waals surface area contributed by atoms with Gasteiger partial charge in [0.2, 0.25) is 18.5 Å². The maximum atomic E-state index is 12.5. The molecule has 10 nitrogen and oxygen atoms in total. The second kappa shape index (κ2) is 7.97. The van der Waals surface area contributed by atoms with Crippen molar-refractivity contribution < 1.29 is 33.5 Å². The monoisotopic (exact) mass is 400 g/mol. The topological polar surface area (TPSA) is 134 Å². The Morgan fingerprint density at radius 3 is 2.34 bits per heavy atom. The molecule has 0 saturated carbocycles. The number of rotatable bonds is 6. The van der Waals surface area contributed by atoms with E-state index in [4.69, 9.17) is 14.2 Å². The van der Waals surface area contributed by atoms with Crippen LogP contribution in [-0.4, -0.2) is 35.5 Å². The summed E-state index contributed by atoms with van der Waals surface area (Å²) in [5.74, 6) is -1.47. The SMILES string of the molecule is CC(=O)Nc1ccc(C(=O)C(C)OC(=O)c2cc3c(cc2[N+](=O)[O-])OCO3)cc1. The molecule has 29 heavy (non-hydrogen) atoms. The number of fused-ring (bicyclic) bond motifs is 1. The summed E-state index contributed by atoms with van der Waals surface area (Å²) in [4.78, 5) is 46.6. The van der Waals surface area contributed by atoms with Crippen molar-refractivity contribution >= 4 is 29.0 Å². The highest BCUT2D eigenvalue weighted by Crippen LogP contribution is 2.38. The molecule has 2 aromatic carbocycles. The highest BCUT2D eigenvalue weighted by atomic mass is 16.7. The maximum Gasteiger partial charge on any atom is 0.346 e. The quantitative estimate of drug-likeness (QED) is 0.338. The number of ether oxygens (including phenoxy) is 3. The van der Waals surface area contributed by atoms with E-state index in [0.717, 1.165) is 12.1 Å². The molecule has 0 radical (unpaired) electrons. The minimum absolute atomic E-state index is 0.117. The van der Waals surface area contributed by atoms with Crippen molar-refractivity contribution in [3.05, 3.63) is 57.6 Å². The molecule has 150 valence electrons. The first-order chi connectivity index (χ1) is 13.8. The van der Waals surface area contributed by atoms with Crippen LogP contribution in [0.5, 0.6) is 11.5 Å². The molecule has 3 rings (SSSR count). The number of nitrogens with one attached hydrogen (secondary N) is 1. The lowest BCUT2D eigenvalue weighted by atomic mass is 10.1. The summed E-state index contributed by atoms with van der Waals surface area (Å²) in [5, 5.41) is 13.8. The Morgan fingerprint density at radius 2 is 1.76 bits per heavy atom. The van der Waals surface area contributed by atoms with Crippen LogP contribution in [0.3, 0.4) is 0 Å². The van der Waals surface area contributed by atoms with Gasteiger partial charge in [0.1, 0.15) is 5.56 Å². The first-order valence-corrected chi connectivity index (χ1v) is 8.47. The second-order valence-corrected chi connectivity index (χ2v) is 6.15. The molecule has 1 N–H and O–H groups in total. The molecule has 0 saturated heterocycles. The number of ketones is 1. The molecular formula is C19H16N2O8.